The summed E-state index contributed by atoms with van der Waals surface area (Å²) in [4.78, 5) is 182. The third-order valence-corrected chi connectivity index (χ3v) is 26.0. The summed E-state index contributed by atoms with van der Waals surface area (Å²) in [5.41, 5.74) is 41.6. The number of nitriles is 1. The van der Waals surface area contributed by atoms with Gasteiger partial charge in [-0.3, -0.25) is 28.5 Å². The molecule has 2 saturated heterocycles. The molecule has 43 heteroatoms. The van der Waals surface area contributed by atoms with E-state index in [0.29, 0.717) is 56.4 Å². The molecule has 658 valence electrons. The van der Waals surface area contributed by atoms with Crippen LogP contribution in [0, 0.1) is 69.4 Å². The molecule has 0 aliphatic carbocycles. The molecule has 8 rings (SSSR count). The van der Waals surface area contributed by atoms with Gasteiger partial charge >= 0.3 is 435 Å². The van der Waals surface area contributed by atoms with Gasteiger partial charge < -0.3 is 65.9 Å². The standard InChI is InChI=1S/C62H90N13O14P.C10H17N3O6S.C3H7NO2.CN.Co/c1-29-20-39-40(21-30(29)2)75(28-70-39)57-52(84)53(41(27-76)87-57)89-90(85,86)88-31(3)26-69-49(83)18-19-59(8)37(22-46(66)80)56-62(11)61(10,25-48(68)82)36(14-17-45(65)79)51(74-62)33(5)55-60(9,24-47(67)81)34(12-15-43(63)77)38(71-55)23-42-58(6,7)35(13-16-44(64)78)50(72-42)32(4)54(59)73-56;11-5(10(18)19)1-2-7(14)13-6(4-20)9(17)12-3-8(15)16;1-4-2-3(5)6;1-2;/h20-21,23,28,31,34-37,41,52-53,56-57,76,84H,12-19,22,24-27H2,1-11H3,(H15,63,64,65,66,67,68,69,71,72,73,74,77,78,79,80,81,82,83,85,86);5-6,20H,1-4,11H2,(H,12,17)(H,13,14)(H,15,16)(H,18,19);4H,2H2,1H3,(H,5,6);;/q;;;;+2/p-2/t31?,34-,35-,36-,37+,41-,52-,53-,56-,57+,59-,60+,61+,62+;5-,6-;;;/m10.../s1. The molecule has 2 aromatic rings. The van der Waals surface area contributed by atoms with Crippen molar-refractivity contribution in [2.45, 2.75) is 214 Å². The van der Waals surface area contributed by atoms with Crippen LogP contribution in [-0.2, 0) is 90.8 Å². The minimum absolute atomic E-state index is 0.0111. The third-order valence-electron chi connectivity index (χ3n) is 23.4. The van der Waals surface area contributed by atoms with Gasteiger partial charge in [-0.25, -0.2) is 4.98 Å². The summed E-state index contributed by atoms with van der Waals surface area (Å²) in [6.45, 7) is 18.3. The van der Waals surface area contributed by atoms with Crippen LogP contribution in [0.2, 0.25) is 0 Å². The predicted molar refractivity (Wildman–Crippen MR) is 429 cm³/mol. The number of aryl methyl sites for hydroxylation is 2. The number of aliphatic hydroxyl groups excluding tert-OH is 2. The smallest absolute Gasteiger partial charge is 0.480 e. The minimum Gasteiger partial charge on any atom is -0.480 e. The summed E-state index contributed by atoms with van der Waals surface area (Å²) >= 11 is 3.90. The molecule has 0 saturated carbocycles. The topological polar surface area (TPSA) is 686 Å². The molecule has 2 unspecified atom stereocenters. The molecule has 1 aromatic heterocycles. The number of rotatable bonds is 38. The van der Waals surface area contributed by atoms with E-state index in [-0.39, 0.29) is 117 Å². The van der Waals surface area contributed by atoms with Crippen molar-refractivity contribution < 1.29 is 121 Å². The number of amides is 9. The summed E-state index contributed by atoms with van der Waals surface area (Å²) < 4.78 is 33.7. The number of nitrogens with one attached hydrogen (secondary N) is 4. The number of thiol groups is 1. The maximum absolute atomic E-state index is 14.5. The first-order valence-corrected chi connectivity index (χ1v) is 41.4. The monoisotopic (exact) mass is 1750 g/mol. The van der Waals surface area contributed by atoms with E-state index >= 15 is 0 Å². The van der Waals surface area contributed by atoms with Crippen LogP contribution in [0.25, 0.3) is 11.0 Å². The fraction of sp³-hybridized carbons (Fsp3) is 0.618. The van der Waals surface area contributed by atoms with Crippen LogP contribution in [0.3, 0.4) is 0 Å². The first-order valence-electron chi connectivity index (χ1n) is 38.3. The number of nitrogens with two attached hydrogens (primary N) is 7. The van der Waals surface area contributed by atoms with Gasteiger partial charge in [-0.1, -0.05) is 0 Å². The SMILES string of the molecule is C/C1=C2N=C(/C=C3N=C(/C(C)=C4/[C@@H](CCC(N)=O)[C@](C)(CC(N)=O)[C@](C)([C@@H]5N=C1[C@](C)(CCC(=O)NCC(C)OP(=O)([O-])O[C@H]1[C@@H](O)[C@@H](n6cnc7cc(C)c(C)cc76)O[C@@H]1CO)[C@H]5CC(N)=O)[N]4[Co+][C]#N)[C@@](C)(CC(N)=O)[C@@H]\3CCC(N)=O)C(C)(C)[C@@H]/2CCC(N)=O.CNCC(=O)O.N[C@@H](CCC(=O)N[C@@H](CS)C(=O)NCC(=O)O)C(=O)O. The zero-order chi connectivity index (χ0) is 89.7. The molecule has 17 atom stereocenters. The zero-order valence-electron chi connectivity index (χ0n) is 68.5. The molecule has 8 bridgehead atoms. The summed E-state index contributed by atoms with van der Waals surface area (Å²) in [5.74, 6) is -12.4. The van der Waals surface area contributed by atoms with Gasteiger partial charge in [0.2, 0.25) is 11.8 Å². The number of aromatic nitrogens is 2. The Morgan fingerprint density at radius 1 is 0.765 bits per heavy atom. The Morgan fingerprint density at radius 2 is 1.35 bits per heavy atom. The van der Waals surface area contributed by atoms with Gasteiger partial charge in [0.05, 0.1) is 30.5 Å². The Kier molecular flexibility index (Phi) is 33.7. The number of likely N-dealkylation sites (N-methyl/N-ethyl adjacent to an activating group) is 1. The molecule has 119 heavy (non-hydrogen) atoms. The second-order valence-corrected chi connectivity index (χ2v) is 34.7. The molecular formula is C76H112CoN18O22PS. The number of carbonyl (C=O) groups excluding carboxylic acids is 9. The van der Waals surface area contributed by atoms with E-state index in [0.717, 1.165) is 11.1 Å². The second kappa shape index (κ2) is 40.8. The Bertz CT molecular complexity index is 4560. The van der Waals surface area contributed by atoms with Crippen LogP contribution in [-0.4, -0.2) is 214 Å². The molecule has 1 aromatic carbocycles. The Labute approximate surface area is 699 Å². The average molecular weight is 1750 g/mol. The number of hydrogen-bond donors (Lipinski definition) is 17. The van der Waals surface area contributed by atoms with Crippen LogP contribution in [0.4, 0.5) is 0 Å². The number of aliphatic carboxylic acids is 3. The number of hydrogen-bond acceptors (Lipinski definition) is 28. The number of benzene rings is 1. The fourth-order valence-electron chi connectivity index (χ4n) is 17.0. The fourth-order valence-corrected chi connectivity index (χ4v) is 19.6. The van der Waals surface area contributed by atoms with Gasteiger partial charge in [-0.05, 0) is 50.6 Å². The van der Waals surface area contributed by atoms with Gasteiger partial charge in [0.1, 0.15) is 36.9 Å². The van der Waals surface area contributed by atoms with Crippen molar-refractivity contribution in [3.05, 3.63) is 63.9 Å². The van der Waals surface area contributed by atoms with Crippen LogP contribution >= 0.6 is 20.5 Å². The molecule has 2 fully saturated rings. The van der Waals surface area contributed by atoms with Crippen molar-refractivity contribution in [3.8, 4) is 5.00 Å². The van der Waals surface area contributed by atoms with Gasteiger partial charge in [0.15, 0.2) is 6.23 Å². The van der Waals surface area contributed by atoms with Crippen molar-refractivity contribution in [2.24, 2.45) is 100 Å². The van der Waals surface area contributed by atoms with Crippen molar-refractivity contribution in [2.75, 3.05) is 39.0 Å². The molecule has 7 heterocycles. The van der Waals surface area contributed by atoms with Crippen LogP contribution in [0.1, 0.15) is 163 Å². The molecule has 9 amide bonds. The summed E-state index contributed by atoms with van der Waals surface area (Å²) in [6.07, 6.45) is -5.62. The van der Waals surface area contributed by atoms with Crippen molar-refractivity contribution in [1.82, 2.24) is 34.8 Å². The second-order valence-electron chi connectivity index (χ2n) is 32.1. The number of primary amides is 6. The van der Waals surface area contributed by atoms with E-state index in [2.05, 4.69) is 43.9 Å². The van der Waals surface area contributed by atoms with Crippen molar-refractivity contribution in [1.29, 1.82) is 5.26 Å². The summed E-state index contributed by atoms with van der Waals surface area (Å²) in [5, 5.41) is 69.6. The van der Waals surface area contributed by atoms with E-state index in [1.807, 2.05) is 53.7 Å². The molecule has 23 N–H and O–H groups in total. The van der Waals surface area contributed by atoms with Gasteiger partial charge in [0, 0.05) is 12.2 Å². The van der Waals surface area contributed by atoms with Gasteiger partial charge in [0.25, 0.3) is 7.82 Å². The summed E-state index contributed by atoms with van der Waals surface area (Å²) in [6, 6.07) is 0.411. The normalized spacial score (nSPS) is 28.8. The summed E-state index contributed by atoms with van der Waals surface area (Å²) in [7, 11) is -3.75. The number of nitrogens with zero attached hydrogens (tertiary/aromatic N) is 7. The van der Waals surface area contributed by atoms with E-state index in [1.165, 1.54) is 17.8 Å². The zero-order valence-corrected chi connectivity index (χ0v) is 71.4. The van der Waals surface area contributed by atoms with E-state index in [1.54, 1.807) is 44.8 Å². The van der Waals surface area contributed by atoms with Gasteiger partial charge in [-0.2, -0.15) is 12.6 Å². The number of phosphoric acid groups is 1. The number of carbonyl (C=O) groups is 12. The Balaban J connectivity index is 0.000000723. The molecular weight excluding hydrogens is 1640 g/mol. The number of fused-ring (bicyclic) bond motifs is 7. The van der Waals surface area contributed by atoms with Crippen LogP contribution in [0.15, 0.2) is 67.8 Å². The van der Waals surface area contributed by atoms with Crippen molar-refractivity contribution in [3.63, 3.8) is 0 Å². The minimum atomic E-state index is -5.35. The molecule has 6 aliphatic rings. The number of imidazole rings is 1. The number of phosphoric ester groups is 1. The number of carboxylic acids is 3. The first-order chi connectivity index (χ1) is 55.3. The third kappa shape index (κ3) is 22.8. The Morgan fingerprint density at radius 3 is 1.88 bits per heavy atom. The van der Waals surface area contributed by atoms with E-state index < -0.39 is 192 Å². The quantitative estimate of drug-likeness (QED) is 0.0306. The number of ether oxygens (including phenoxy) is 1. The number of allylic oxidation sites excluding steroid dienone is 6. The molecule has 40 nitrogen and oxygen atoms in total. The first kappa shape index (κ1) is 98.4. The predicted octanol–water partition coefficient (Wildman–Crippen LogP) is -0.193. The van der Waals surface area contributed by atoms with E-state index in [9.17, 15) is 82.5 Å². The maximum atomic E-state index is 14.5. The number of carboxylic acid groups (broad SMARTS) is 3. The van der Waals surface area contributed by atoms with E-state index in [4.69, 9.17) is 84.2 Å². The number of aliphatic hydroxyl groups is 2. The average Bonchev–Trinajstić information content (AvgIpc) is 1.51. The molecule has 0 spiro atoms. The Hall–Kier alpha value is -9.38. The molecule has 6 aliphatic heterocycles. The van der Waals surface area contributed by atoms with Crippen LogP contribution in [0.5, 0.6) is 0 Å². The van der Waals surface area contributed by atoms with Crippen LogP contribution < -0.4 is 66.3 Å². The molecule has 0 radical (unpaired) electrons. The van der Waals surface area contributed by atoms with Gasteiger partial charge in [-0.15, -0.1) is 0 Å². The van der Waals surface area contributed by atoms with Crippen molar-refractivity contribution >= 4 is 120 Å². The number of aliphatic imine (C=N–C) groups is 3.